The Bertz CT molecular complexity index is 763. The summed E-state index contributed by atoms with van der Waals surface area (Å²) in [6.45, 7) is -0.531. The molecule has 23 heavy (non-hydrogen) atoms. The molecule has 2 rings (SSSR count). The van der Waals surface area contributed by atoms with E-state index in [0.717, 1.165) is 3.57 Å². The zero-order valence-electron chi connectivity index (χ0n) is 11.7. The third-order valence-electron chi connectivity index (χ3n) is 2.76. The van der Waals surface area contributed by atoms with Crippen molar-refractivity contribution in [1.29, 1.82) is 0 Å². The second kappa shape index (κ2) is 7.68. The van der Waals surface area contributed by atoms with Crippen LogP contribution in [0.15, 0.2) is 48.5 Å². The molecule has 0 saturated carbocycles. The lowest BCUT2D eigenvalue weighted by molar-refractivity contribution is -0.385. The lowest BCUT2D eigenvalue weighted by atomic mass is 10.2. The van der Waals surface area contributed by atoms with E-state index in [1.807, 2.05) is 6.07 Å². The van der Waals surface area contributed by atoms with E-state index in [2.05, 4.69) is 27.9 Å². The van der Waals surface area contributed by atoms with Crippen molar-refractivity contribution in [2.24, 2.45) is 0 Å². The van der Waals surface area contributed by atoms with Gasteiger partial charge in [-0.3, -0.25) is 14.9 Å². The number of ether oxygens (including phenoxy) is 1. The molecule has 0 saturated heterocycles. The highest BCUT2D eigenvalue weighted by Crippen LogP contribution is 2.18. The lowest BCUT2D eigenvalue weighted by Gasteiger charge is -2.07. The van der Waals surface area contributed by atoms with E-state index < -0.39 is 23.4 Å². The zero-order chi connectivity index (χ0) is 16.8. The maximum Gasteiger partial charge on any atom is 0.345 e. The maximum atomic E-state index is 11.9. The predicted molar refractivity (Wildman–Crippen MR) is 91.2 cm³/mol. The minimum Gasteiger partial charge on any atom is -0.452 e. The maximum absolute atomic E-state index is 11.9. The van der Waals surface area contributed by atoms with E-state index in [9.17, 15) is 19.7 Å². The minimum atomic E-state index is -0.921. The van der Waals surface area contributed by atoms with E-state index in [-0.39, 0.29) is 11.3 Å². The summed E-state index contributed by atoms with van der Waals surface area (Å²) in [4.78, 5) is 33.8. The van der Waals surface area contributed by atoms with Crippen LogP contribution in [0.3, 0.4) is 0 Å². The zero-order valence-corrected chi connectivity index (χ0v) is 13.8. The Kier molecular flexibility index (Phi) is 5.63. The van der Waals surface area contributed by atoms with E-state index in [1.54, 1.807) is 18.2 Å². The summed E-state index contributed by atoms with van der Waals surface area (Å²) in [7, 11) is 0. The Morgan fingerprint density at radius 2 is 1.91 bits per heavy atom. The van der Waals surface area contributed by atoms with Crippen LogP contribution < -0.4 is 5.32 Å². The minimum absolute atomic E-state index is 0.195. The summed E-state index contributed by atoms with van der Waals surface area (Å²) < 4.78 is 5.77. The summed E-state index contributed by atoms with van der Waals surface area (Å²) >= 11 is 2.10. The van der Waals surface area contributed by atoms with Gasteiger partial charge < -0.3 is 10.1 Å². The average molecular weight is 426 g/mol. The molecule has 0 unspecified atom stereocenters. The van der Waals surface area contributed by atoms with Crippen molar-refractivity contribution >= 4 is 45.8 Å². The van der Waals surface area contributed by atoms with Gasteiger partial charge in [0.1, 0.15) is 5.56 Å². The fourth-order valence-electron chi connectivity index (χ4n) is 1.78. The Hall–Kier alpha value is -2.49. The normalized spacial score (nSPS) is 9.96. The molecule has 0 aliphatic rings. The van der Waals surface area contributed by atoms with Crippen LogP contribution in [0.1, 0.15) is 10.4 Å². The molecular weight excluding hydrogens is 415 g/mol. The van der Waals surface area contributed by atoms with Gasteiger partial charge in [0.2, 0.25) is 0 Å². The molecule has 118 valence electrons. The molecule has 2 aromatic carbocycles. The van der Waals surface area contributed by atoms with Crippen molar-refractivity contribution in [3.8, 4) is 0 Å². The third-order valence-corrected chi connectivity index (χ3v) is 3.43. The van der Waals surface area contributed by atoms with E-state index >= 15 is 0 Å². The highest BCUT2D eigenvalue weighted by Gasteiger charge is 2.21. The summed E-state index contributed by atoms with van der Waals surface area (Å²) in [5, 5.41) is 13.4. The SMILES string of the molecule is O=C(COC(=O)c1ccccc1[N+](=O)[O-])Nc1cccc(I)c1. The third kappa shape index (κ3) is 4.74. The number of benzene rings is 2. The molecule has 0 radical (unpaired) electrons. The van der Waals surface area contributed by atoms with Gasteiger partial charge in [-0.2, -0.15) is 0 Å². The number of para-hydroxylation sites is 1. The highest BCUT2D eigenvalue weighted by molar-refractivity contribution is 14.1. The number of nitrogens with zero attached hydrogens (tertiary/aromatic N) is 1. The highest BCUT2D eigenvalue weighted by atomic mass is 127. The number of carbonyl (C=O) groups excluding carboxylic acids is 2. The van der Waals surface area contributed by atoms with Crippen LogP contribution in [0.25, 0.3) is 0 Å². The second-order valence-corrected chi connectivity index (χ2v) is 5.65. The van der Waals surface area contributed by atoms with Gasteiger partial charge in [0, 0.05) is 15.3 Å². The number of anilines is 1. The first-order valence-electron chi connectivity index (χ1n) is 6.43. The molecule has 0 aliphatic carbocycles. The van der Waals surface area contributed by atoms with Gasteiger partial charge in [-0.15, -0.1) is 0 Å². The van der Waals surface area contributed by atoms with Crippen LogP contribution in [0.2, 0.25) is 0 Å². The van der Waals surface area contributed by atoms with Crippen LogP contribution in [-0.4, -0.2) is 23.4 Å². The Labute approximate surface area is 144 Å². The van der Waals surface area contributed by atoms with Gasteiger partial charge in [0.15, 0.2) is 6.61 Å². The summed E-state index contributed by atoms with van der Waals surface area (Å²) in [6, 6.07) is 12.5. The quantitative estimate of drug-likeness (QED) is 0.343. The van der Waals surface area contributed by atoms with Crippen molar-refractivity contribution in [2.45, 2.75) is 0 Å². The largest absolute Gasteiger partial charge is 0.452 e. The van der Waals surface area contributed by atoms with Gasteiger partial charge in [-0.25, -0.2) is 4.79 Å². The number of nitro benzene ring substituents is 1. The van der Waals surface area contributed by atoms with Gasteiger partial charge in [-0.05, 0) is 46.9 Å². The molecule has 0 heterocycles. The number of nitrogens with one attached hydrogen (secondary N) is 1. The summed E-state index contributed by atoms with van der Waals surface area (Å²) in [6.07, 6.45) is 0. The molecule has 1 N–H and O–H groups in total. The number of hydrogen-bond acceptors (Lipinski definition) is 5. The average Bonchev–Trinajstić information content (AvgIpc) is 2.52. The molecule has 0 fully saturated rings. The summed E-state index contributed by atoms with van der Waals surface area (Å²) in [5.41, 5.74) is 0.0127. The van der Waals surface area contributed by atoms with Crippen molar-refractivity contribution in [1.82, 2.24) is 0 Å². The van der Waals surface area contributed by atoms with Crippen LogP contribution in [-0.2, 0) is 9.53 Å². The lowest BCUT2D eigenvalue weighted by Crippen LogP contribution is -2.21. The van der Waals surface area contributed by atoms with Crippen LogP contribution >= 0.6 is 22.6 Å². The number of amides is 1. The van der Waals surface area contributed by atoms with E-state index in [0.29, 0.717) is 5.69 Å². The molecule has 8 heteroatoms. The first-order chi connectivity index (χ1) is 11.0. The molecule has 0 spiro atoms. The number of hydrogen-bond donors (Lipinski definition) is 1. The number of halogens is 1. The fraction of sp³-hybridized carbons (Fsp3) is 0.0667. The topological polar surface area (TPSA) is 98.5 Å². The first-order valence-corrected chi connectivity index (χ1v) is 7.51. The van der Waals surface area contributed by atoms with Crippen molar-refractivity contribution in [3.05, 3.63) is 67.8 Å². The molecule has 0 aliphatic heterocycles. The summed E-state index contributed by atoms with van der Waals surface area (Å²) in [5.74, 6) is -1.45. The number of esters is 1. The van der Waals surface area contributed by atoms with Crippen LogP contribution in [0.5, 0.6) is 0 Å². The van der Waals surface area contributed by atoms with Gasteiger partial charge in [0.25, 0.3) is 11.6 Å². The molecule has 0 aromatic heterocycles. The van der Waals surface area contributed by atoms with E-state index in [1.165, 1.54) is 24.3 Å². The predicted octanol–water partition coefficient (Wildman–Crippen LogP) is 2.99. The van der Waals surface area contributed by atoms with Gasteiger partial charge >= 0.3 is 5.97 Å². The van der Waals surface area contributed by atoms with Gasteiger partial charge in [0.05, 0.1) is 4.92 Å². The Morgan fingerprint density at radius 3 is 2.61 bits per heavy atom. The number of rotatable bonds is 5. The van der Waals surface area contributed by atoms with Crippen LogP contribution in [0.4, 0.5) is 11.4 Å². The Morgan fingerprint density at radius 1 is 1.17 bits per heavy atom. The van der Waals surface area contributed by atoms with E-state index in [4.69, 9.17) is 4.74 Å². The molecule has 1 amide bonds. The van der Waals surface area contributed by atoms with Gasteiger partial charge in [-0.1, -0.05) is 18.2 Å². The standard InChI is InChI=1S/C15H11IN2O5/c16-10-4-3-5-11(8-10)17-14(19)9-23-15(20)12-6-1-2-7-13(12)18(21)22/h1-8H,9H2,(H,17,19). The smallest absolute Gasteiger partial charge is 0.345 e. The molecule has 0 bridgehead atoms. The second-order valence-electron chi connectivity index (χ2n) is 4.41. The first kappa shape index (κ1) is 16.9. The number of nitro groups is 1. The number of carbonyl (C=O) groups is 2. The molecule has 2 aromatic rings. The van der Waals surface area contributed by atoms with Crippen molar-refractivity contribution < 1.29 is 19.2 Å². The monoisotopic (exact) mass is 426 g/mol. The van der Waals surface area contributed by atoms with Crippen LogP contribution in [0, 0.1) is 13.7 Å². The molecular formula is C15H11IN2O5. The molecule has 7 nitrogen and oxygen atoms in total. The fourth-order valence-corrected chi connectivity index (χ4v) is 2.32. The van der Waals surface area contributed by atoms with Crippen molar-refractivity contribution in [3.63, 3.8) is 0 Å². The van der Waals surface area contributed by atoms with Crippen molar-refractivity contribution in [2.75, 3.05) is 11.9 Å². The Balaban J connectivity index is 1.97. The molecule has 0 atom stereocenters.